The quantitative estimate of drug-likeness (QED) is 0.867. The molecule has 1 aliphatic heterocycles. The first kappa shape index (κ1) is 13.0. The Kier molecular flexibility index (Phi) is 3.66. The van der Waals surface area contributed by atoms with Crippen LogP contribution in [0.5, 0.6) is 0 Å². The second-order valence-corrected chi connectivity index (χ2v) is 5.66. The number of rotatable bonds is 2. The molecule has 4 nitrogen and oxygen atoms in total. The van der Waals surface area contributed by atoms with Gasteiger partial charge in [-0.05, 0) is 37.4 Å². The molecule has 98 valence electrons. The number of pyridine rings is 1. The van der Waals surface area contributed by atoms with E-state index in [1.54, 1.807) is 12.4 Å². The van der Waals surface area contributed by atoms with E-state index in [0.29, 0.717) is 0 Å². The van der Waals surface area contributed by atoms with Gasteiger partial charge in [-0.3, -0.25) is 9.78 Å². The van der Waals surface area contributed by atoms with Crippen LogP contribution in [0.4, 0.5) is 5.69 Å². The van der Waals surface area contributed by atoms with Crippen LogP contribution in [0.3, 0.4) is 0 Å². The molecule has 1 saturated heterocycles. The maximum atomic E-state index is 12.5. The van der Waals surface area contributed by atoms with Crippen molar-refractivity contribution in [1.29, 1.82) is 0 Å². The number of hydrogen-bond acceptors (Lipinski definition) is 3. The molecule has 0 aliphatic carbocycles. The topological polar surface area (TPSA) is 45.2 Å². The molecule has 1 unspecified atom stereocenters. The summed E-state index contributed by atoms with van der Waals surface area (Å²) in [5.41, 5.74) is 1.07. The molecule has 0 saturated carbocycles. The fourth-order valence-electron chi connectivity index (χ4n) is 2.45. The van der Waals surface area contributed by atoms with Gasteiger partial charge in [0.1, 0.15) is 0 Å². The molecule has 2 heterocycles. The summed E-state index contributed by atoms with van der Waals surface area (Å²) in [5, 5.41) is 3.14. The first-order valence-corrected chi connectivity index (χ1v) is 6.42. The molecule has 1 N–H and O–H groups in total. The molecule has 0 spiro atoms. The third-order valence-corrected chi connectivity index (χ3v) is 3.64. The molecule has 18 heavy (non-hydrogen) atoms. The van der Waals surface area contributed by atoms with Crippen molar-refractivity contribution < 1.29 is 4.79 Å². The van der Waals surface area contributed by atoms with Gasteiger partial charge in [-0.15, -0.1) is 0 Å². The second kappa shape index (κ2) is 5.06. The highest BCUT2D eigenvalue weighted by atomic mass is 16.2. The third-order valence-electron chi connectivity index (χ3n) is 3.64. The van der Waals surface area contributed by atoms with Gasteiger partial charge in [0.15, 0.2) is 0 Å². The van der Waals surface area contributed by atoms with Crippen LogP contribution in [0.2, 0.25) is 0 Å². The van der Waals surface area contributed by atoms with Gasteiger partial charge in [0, 0.05) is 12.7 Å². The summed E-state index contributed by atoms with van der Waals surface area (Å²) in [4.78, 5) is 18.4. The molecule has 0 bridgehead atoms. The lowest BCUT2D eigenvalue weighted by molar-refractivity contribution is -0.120. The van der Waals surface area contributed by atoms with Crippen LogP contribution in [-0.4, -0.2) is 30.5 Å². The van der Waals surface area contributed by atoms with Crippen molar-refractivity contribution in [2.75, 3.05) is 18.5 Å². The lowest BCUT2D eigenvalue weighted by atomic mass is 9.83. The summed E-state index contributed by atoms with van der Waals surface area (Å²) in [6.07, 6.45) is 5.36. The Bertz CT molecular complexity index is 416. The van der Waals surface area contributed by atoms with Crippen LogP contribution in [-0.2, 0) is 4.79 Å². The molecule has 1 fully saturated rings. The largest absolute Gasteiger partial charge is 0.310 e. The third kappa shape index (κ3) is 2.70. The van der Waals surface area contributed by atoms with Gasteiger partial charge in [-0.2, -0.15) is 0 Å². The maximum absolute atomic E-state index is 12.5. The summed E-state index contributed by atoms with van der Waals surface area (Å²) in [6.45, 7) is 5.20. The molecule has 1 aromatic heterocycles. The number of likely N-dealkylation sites (N-methyl/N-ethyl adjacent to an activating group) is 1. The van der Waals surface area contributed by atoms with Gasteiger partial charge in [0.05, 0.1) is 17.9 Å². The minimum atomic E-state index is -0.109. The van der Waals surface area contributed by atoms with E-state index in [9.17, 15) is 4.79 Å². The Balaban J connectivity index is 2.28. The van der Waals surface area contributed by atoms with Crippen molar-refractivity contribution in [1.82, 2.24) is 10.3 Å². The summed E-state index contributed by atoms with van der Waals surface area (Å²) < 4.78 is 0. The average molecular weight is 247 g/mol. The zero-order chi connectivity index (χ0) is 13.2. The molecule has 1 aliphatic rings. The van der Waals surface area contributed by atoms with Crippen molar-refractivity contribution in [3.63, 3.8) is 0 Å². The Morgan fingerprint density at radius 3 is 2.89 bits per heavy atom. The molecular weight excluding hydrogens is 226 g/mol. The minimum Gasteiger partial charge on any atom is -0.310 e. The van der Waals surface area contributed by atoms with E-state index in [-0.39, 0.29) is 17.4 Å². The number of hydrogen-bond donors (Lipinski definition) is 1. The predicted octanol–water partition coefficient (Wildman–Crippen LogP) is 1.82. The first-order valence-electron chi connectivity index (χ1n) is 6.42. The van der Waals surface area contributed by atoms with Crippen LogP contribution in [0.15, 0.2) is 24.5 Å². The van der Waals surface area contributed by atoms with Gasteiger partial charge >= 0.3 is 0 Å². The highest BCUT2D eigenvalue weighted by Gasteiger charge is 2.34. The monoisotopic (exact) mass is 247 g/mol. The predicted molar refractivity (Wildman–Crippen MR) is 72.5 cm³/mol. The van der Waals surface area contributed by atoms with E-state index in [2.05, 4.69) is 24.1 Å². The molecule has 0 aromatic carbocycles. The molecule has 2 rings (SSSR count). The Morgan fingerprint density at radius 1 is 1.50 bits per heavy atom. The molecule has 4 heteroatoms. The summed E-state index contributed by atoms with van der Waals surface area (Å²) in [6, 6.07) is 3.70. The van der Waals surface area contributed by atoms with Crippen LogP contribution < -0.4 is 10.2 Å². The summed E-state index contributed by atoms with van der Waals surface area (Å²) in [7, 11) is 1.85. The van der Waals surface area contributed by atoms with Gasteiger partial charge in [-0.25, -0.2) is 0 Å². The van der Waals surface area contributed by atoms with Gasteiger partial charge < -0.3 is 10.2 Å². The molecule has 1 amide bonds. The Morgan fingerprint density at radius 2 is 2.28 bits per heavy atom. The number of amides is 1. The van der Waals surface area contributed by atoms with E-state index >= 15 is 0 Å². The SMILES string of the molecule is CNC1CC(C)(C)CCN(c2cccnc2)C1=O. The zero-order valence-corrected chi connectivity index (χ0v) is 11.3. The normalized spacial score (nSPS) is 23.8. The van der Waals surface area contributed by atoms with Gasteiger partial charge in [0.25, 0.3) is 0 Å². The summed E-state index contributed by atoms with van der Waals surface area (Å²) >= 11 is 0. The van der Waals surface area contributed by atoms with Crippen LogP contribution in [0.1, 0.15) is 26.7 Å². The number of nitrogens with one attached hydrogen (secondary N) is 1. The van der Waals surface area contributed by atoms with Gasteiger partial charge in [-0.1, -0.05) is 13.8 Å². The summed E-state index contributed by atoms with van der Waals surface area (Å²) in [5.74, 6) is 0.149. The zero-order valence-electron chi connectivity index (χ0n) is 11.3. The van der Waals surface area contributed by atoms with Crippen molar-refractivity contribution in [3.8, 4) is 0 Å². The van der Waals surface area contributed by atoms with Crippen molar-refractivity contribution in [3.05, 3.63) is 24.5 Å². The number of carbonyl (C=O) groups excluding carboxylic acids is 1. The van der Waals surface area contributed by atoms with E-state index in [0.717, 1.165) is 25.1 Å². The molecule has 1 aromatic rings. The van der Waals surface area contributed by atoms with Gasteiger partial charge in [0.2, 0.25) is 5.91 Å². The van der Waals surface area contributed by atoms with Crippen molar-refractivity contribution in [2.24, 2.45) is 5.41 Å². The molecule has 1 atom stereocenters. The number of nitrogens with zero attached hydrogens (tertiary/aromatic N) is 2. The number of anilines is 1. The van der Waals surface area contributed by atoms with Crippen LogP contribution >= 0.6 is 0 Å². The van der Waals surface area contributed by atoms with E-state index < -0.39 is 0 Å². The standard InChI is InChI=1S/C14H21N3O/c1-14(2)6-8-17(11-5-4-7-16-10-11)13(18)12(9-14)15-3/h4-5,7,10,12,15H,6,8-9H2,1-3H3. The maximum Gasteiger partial charge on any atom is 0.244 e. The lowest BCUT2D eigenvalue weighted by Gasteiger charge is -2.24. The van der Waals surface area contributed by atoms with Crippen molar-refractivity contribution in [2.45, 2.75) is 32.7 Å². The Hall–Kier alpha value is -1.42. The average Bonchev–Trinajstić information content (AvgIpc) is 2.47. The Labute approximate surface area is 108 Å². The fraction of sp³-hybridized carbons (Fsp3) is 0.571. The number of aromatic nitrogens is 1. The highest BCUT2D eigenvalue weighted by molar-refractivity contribution is 5.97. The van der Waals surface area contributed by atoms with E-state index in [1.165, 1.54) is 0 Å². The smallest absolute Gasteiger partial charge is 0.244 e. The highest BCUT2D eigenvalue weighted by Crippen LogP contribution is 2.32. The van der Waals surface area contributed by atoms with Crippen LogP contribution in [0, 0.1) is 5.41 Å². The fourth-order valence-corrected chi connectivity index (χ4v) is 2.45. The van der Waals surface area contributed by atoms with Crippen LogP contribution in [0.25, 0.3) is 0 Å². The van der Waals surface area contributed by atoms with E-state index in [4.69, 9.17) is 0 Å². The van der Waals surface area contributed by atoms with E-state index in [1.807, 2.05) is 24.1 Å². The minimum absolute atomic E-state index is 0.109. The molecule has 0 radical (unpaired) electrons. The second-order valence-electron chi connectivity index (χ2n) is 5.66. The first-order chi connectivity index (χ1) is 8.53. The lowest BCUT2D eigenvalue weighted by Crippen LogP contribution is -2.44. The number of carbonyl (C=O) groups is 1. The molecular formula is C14H21N3O. The van der Waals surface area contributed by atoms with Crippen molar-refractivity contribution >= 4 is 11.6 Å².